The van der Waals surface area contributed by atoms with Gasteiger partial charge in [0, 0.05) is 27.7 Å². The fourth-order valence-electron chi connectivity index (χ4n) is 4.56. The molecule has 2 heterocycles. The second kappa shape index (κ2) is 14.6. The molecule has 0 bridgehead atoms. The third-order valence-corrected chi connectivity index (χ3v) is 7.64. The van der Waals surface area contributed by atoms with Gasteiger partial charge in [-0.15, -0.1) is 0 Å². The molecule has 43 heavy (non-hydrogen) atoms. The van der Waals surface area contributed by atoms with Crippen LogP contribution in [0.5, 0.6) is 5.75 Å². The highest BCUT2D eigenvalue weighted by Crippen LogP contribution is 2.38. The van der Waals surface area contributed by atoms with Gasteiger partial charge in [0.15, 0.2) is 28.9 Å². The molecule has 3 aromatic rings. The summed E-state index contributed by atoms with van der Waals surface area (Å²) in [5.74, 6) is -2.16. The van der Waals surface area contributed by atoms with Crippen LogP contribution in [-0.4, -0.2) is 76.5 Å². The lowest BCUT2D eigenvalue weighted by molar-refractivity contribution is -0.237. The van der Waals surface area contributed by atoms with Crippen molar-refractivity contribution in [1.82, 2.24) is 9.55 Å². The van der Waals surface area contributed by atoms with Gasteiger partial charge in [0.25, 0.3) is 0 Å². The Kier molecular flexibility index (Phi) is 10.9. The number of carbonyl (C=O) groups is 4. The monoisotopic (exact) mass is 634 g/mol. The summed E-state index contributed by atoms with van der Waals surface area (Å²) in [6.45, 7) is 5.04. The number of hydrogen-bond donors (Lipinski definition) is 0. The SMILES string of the molecule is CC(=O)OCC1OC(Sc2nc3ccccc3n2CCOc2ccccc2Cl)C(OC(C)=O)C(OC(C)=O)C1OC(C)=O. The van der Waals surface area contributed by atoms with Crippen LogP contribution in [0.1, 0.15) is 27.7 Å². The predicted molar refractivity (Wildman–Crippen MR) is 154 cm³/mol. The highest BCUT2D eigenvalue weighted by atomic mass is 35.5. The van der Waals surface area contributed by atoms with E-state index >= 15 is 0 Å². The number of imidazole rings is 1. The first-order valence-corrected chi connectivity index (χ1v) is 14.6. The Morgan fingerprint density at radius 3 is 2.16 bits per heavy atom. The summed E-state index contributed by atoms with van der Waals surface area (Å²) in [5, 5.41) is 0.954. The molecule has 5 unspecified atom stereocenters. The fourth-order valence-corrected chi connectivity index (χ4v) is 5.96. The number of hydrogen-bond acceptors (Lipinski definition) is 12. The van der Waals surface area contributed by atoms with Gasteiger partial charge in [-0.3, -0.25) is 19.2 Å². The lowest BCUT2D eigenvalue weighted by atomic mass is 9.99. The molecule has 230 valence electrons. The van der Waals surface area contributed by atoms with Gasteiger partial charge in [-0.05, 0) is 24.3 Å². The molecule has 0 N–H and O–H groups in total. The molecule has 14 heteroatoms. The Balaban J connectivity index is 1.69. The highest BCUT2D eigenvalue weighted by Gasteiger charge is 2.52. The molecule has 0 aliphatic carbocycles. The first-order chi connectivity index (χ1) is 20.5. The molecule has 5 atom stereocenters. The number of para-hydroxylation sites is 3. The topological polar surface area (TPSA) is 141 Å². The molecular weight excluding hydrogens is 604 g/mol. The van der Waals surface area contributed by atoms with E-state index in [4.69, 9.17) is 45.0 Å². The van der Waals surface area contributed by atoms with Crippen LogP contribution in [-0.2, 0) is 49.4 Å². The molecule has 0 amide bonds. The van der Waals surface area contributed by atoms with Crippen LogP contribution in [0.15, 0.2) is 53.7 Å². The molecule has 1 aromatic heterocycles. The first kappa shape index (κ1) is 32.1. The minimum atomic E-state index is -1.28. The molecule has 4 rings (SSSR count). The molecule has 1 aliphatic heterocycles. The quantitative estimate of drug-likeness (QED) is 0.223. The molecule has 0 radical (unpaired) electrons. The van der Waals surface area contributed by atoms with Crippen molar-refractivity contribution in [2.45, 2.75) is 69.2 Å². The van der Waals surface area contributed by atoms with Gasteiger partial charge < -0.3 is 33.0 Å². The maximum Gasteiger partial charge on any atom is 0.303 e. The Morgan fingerprint density at radius 2 is 1.49 bits per heavy atom. The number of carbonyl (C=O) groups excluding carboxylic acids is 4. The van der Waals surface area contributed by atoms with Gasteiger partial charge >= 0.3 is 23.9 Å². The molecular formula is C29H31ClN2O10S. The van der Waals surface area contributed by atoms with E-state index in [1.54, 1.807) is 18.2 Å². The number of esters is 4. The van der Waals surface area contributed by atoms with Gasteiger partial charge in [0.1, 0.15) is 25.1 Å². The van der Waals surface area contributed by atoms with E-state index in [1.807, 2.05) is 34.9 Å². The Labute approximate surface area is 256 Å². The Morgan fingerprint density at radius 1 is 0.860 bits per heavy atom. The van der Waals surface area contributed by atoms with Gasteiger partial charge in [-0.2, -0.15) is 0 Å². The fraction of sp³-hybridized carbons (Fsp3) is 0.414. The summed E-state index contributed by atoms with van der Waals surface area (Å²) >= 11 is 7.35. The summed E-state index contributed by atoms with van der Waals surface area (Å²) in [4.78, 5) is 52.8. The standard InChI is InChI=1S/C29H31ClN2O10S/c1-16(33)38-15-24-25(39-17(2)34)26(40-18(3)35)27(41-19(4)36)28(42-24)43-29-31-21-10-6-7-11-22(21)32(29)13-14-37-23-12-8-5-9-20(23)30/h5-12,24-28H,13-15H2,1-4H3. The van der Waals surface area contributed by atoms with E-state index in [-0.39, 0.29) is 13.2 Å². The van der Waals surface area contributed by atoms with E-state index in [1.165, 1.54) is 27.7 Å². The lowest BCUT2D eigenvalue weighted by Crippen LogP contribution is -2.61. The summed E-state index contributed by atoms with van der Waals surface area (Å²) < 4.78 is 35.9. The van der Waals surface area contributed by atoms with Gasteiger partial charge in [0.05, 0.1) is 22.6 Å². The van der Waals surface area contributed by atoms with Crippen molar-refractivity contribution in [2.24, 2.45) is 0 Å². The third-order valence-electron chi connectivity index (χ3n) is 6.20. The van der Waals surface area contributed by atoms with Gasteiger partial charge in [-0.25, -0.2) is 4.98 Å². The van der Waals surface area contributed by atoms with Crippen molar-refractivity contribution < 1.29 is 47.6 Å². The average Bonchev–Trinajstić information content (AvgIpc) is 3.28. The molecule has 1 saturated heterocycles. The zero-order chi connectivity index (χ0) is 31.1. The Bertz CT molecular complexity index is 1480. The molecule has 1 fully saturated rings. The van der Waals surface area contributed by atoms with Crippen LogP contribution in [0.2, 0.25) is 5.02 Å². The second-order valence-electron chi connectivity index (χ2n) is 9.50. The molecule has 0 saturated carbocycles. The number of aromatic nitrogens is 2. The molecule has 1 aliphatic rings. The van der Waals surface area contributed by atoms with Crippen LogP contribution in [0.25, 0.3) is 11.0 Å². The normalized spacial score (nSPS) is 21.6. The summed E-state index contributed by atoms with van der Waals surface area (Å²) in [6.07, 6.45) is -4.82. The van der Waals surface area contributed by atoms with E-state index in [0.29, 0.717) is 28.0 Å². The van der Waals surface area contributed by atoms with E-state index in [0.717, 1.165) is 17.3 Å². The molecule has 2 aromatic carbocycles. The van der Waals surface area contributed by atoms with Crippen LogP contribution in [0.4, 0.5) is 0 Å². The smallest absolute Gasteiger partial charge is 0.303 e. The number of nitrogens with zero attached hydrogens (tertiary/aromatic N) is 2. The van der Waals surface area contributed by atoms with Crippen LogP contribution in [0, 0.1) is 0 Å². The van der Waals surface area contributed by atoms with Crippen molar-refractivity contribution in [3.05, 3.63) is 53.6 Å². The zero-order valence-electron chi connectivity index (χ0n) is 23.9. The minimum Gasteiger partial charge on any atom is -0.490 e. The van der Waals surface area contributed by atoms with E-state index in [2.05, 4.69) is 0 Å². The van der Waals surface area contributed by atoms with Crippen LogP contribution >= 0.6 is 23.4 Å². The summed E-state index contributed by atoms with van der Waals surface area (Å²) in [6, 6.07) is 14.6. The third kappa shape index (κ3) is 8.39. The lowest BCUT2D eigenvalue weighted by Gasteiger charge is -2.44. The van der Waals surface area contributed by atoms with Crippen molar-refractivity contribution in [1.29, 1.82) is 0 Å². The van der Waals surface area contributed by atoms with Crippen LogP contribution < -0.4 is 4.74 Å². The van der Waals surface area contributed by atoms with Gasteiger partial charge in [0.2, 0.25) is 0 Å². The number of rotatable bonds is 11. The van der Waals surface area contributed by atoms with Crippen molar-refractivity contribution in [2.75, 3.05) is 13.2 Å². The van der Waals surface area contributed by atoms with Crippen molar-refractivity contribution in [3.63, 3.8) is 0 Å². The maximum atomic E-state index is 12.2. The van der Waals surface area contributed by atoms with Crippen molar-refractivity contribution >= 4 is 58.3 Å². The number of ether oxygens (including phenoxy) is 6. The minimum absolute atomic E-state index is 0.246. The van der Waals surface area contributed by atoms with E-state index in [9.17, 15) is 19.2 Å². The van der Waals surface area contributed by atoms with Crippen LogP contribution in [0.3, 0.4) is 0 Å². The highest BCUT2D eigenvalue weighted by molar-refractivity contribution is 7.99. The number of fused-ring (bicyclic) bond motifs is 1. The Hall–Kier alpha value is -3.81. The van der Waals surface area contributed by atoms with E-state index < -0.39 is 53.7 Å². The number of halogens is 1. The average molecular weight is 635 g/mol. The summed E-state index contributed by atoms with van der Waals surface area (Å²) in [5.41, 5.74) is 0.465. The van der Waals surface area contributed by atoms with Gasteiger partial charge in [-0.1, -0.05) is 47.6 Å². The van der Waals surface area contributed by atoms with Crippen molar-refractivity contribution in [3.8, 4) is 5.75 Å². The predicted octanol–water partition coefficient (Wildman–Crippen LogP) is 3.94. The largest absolute Gasteiger partial charge is 0.490 e. The molecule has 12 nitrogen and oxygen atoms in total. The zero-order valence-corrected chi connectivity index (χ0v) is 25.5. The number of benzene rings is 2. The number of thioether (sulfide) groups is 1. The second-order valence-corrected chi connectivity index (χ2v) is 11.0. The first-order valence-electron chi connectivity index (χ1n) is 13.3. The maximum absolute atomic E-state index is 12.2. The summed E-state index contributed by atoms with van der Waals surface area (Å²) in [7, 11) is 0. The molecule has 0 spiro atoms.